The molecule has 0 saturated carbocycles. The number of unbranched alkanes of at least 4 members (excludes halogenated alkanes) is 7. The number of thiol groups is 1. The Labute approximate surface area is 185 Å². The first-order valence-electron chi connectivity index (χ1n) is 11.3. The van der Waals surface area contributed by atoms with Crippen LogP contribution in [0.3, 0.4) is 0 Å². The molecule has 4 heteroatoms. The first kappa shape index (κ1) is 22.6. The molecule has 0 bridgehead atoms. The molecule has 0 aliphatic rings. The Morgan fingerprint density at radius 3 is 2.07 bits per heavy atom. The van der Waals surface area contributed by atoms with E-state index in [0.29, 0.717) is 33.9 Å². The van der Waals surface area contributed by atoms with Crippen LogP contribution in [0, 0.1) is 0 Å². The molecule has 3 aromatic carbocycles. The van der Waals surface area contributed by atoms with Crippen molar-refractivity contribution in [1.29, 1.82) is 0 Å². The lowest BCUT2D eigenvalue weighted by Gasteiger charge is -2.16. The summed E-state index contributed by atoms with van der Waals surface area (Å²) in [6.45, 7) is 2.73. The van der Waals surface area contributed by atoms with E-state index >= 15 is 0 Å². The van der Waals surface area contributed by atoms with Crippen molar-refractivity contribution < 1.29 is 14.9 Å². The number of rotatable bonds is 12. The highest BCUT2D eigenvalue weighted by molar-refractivity contribution is 7.81. The van der Waals surface area contributed by atoms with E-state index in [1.807, 2.05) is 42.5 Å². The SMILES string of the molecule is CCCCCCCCCCC(S)COc1cccc2c(O)c3ccccc3c(O)c12. The van der Waals surface area contributed by atoms with Crippen molar-refractivity contribution in [3.05, 3.63) is 42.5 Å². The van der Waals surface area contributed by atoms with Gasteiger partial charge in [0, 0.05) is 21.4 Å². The number of hydrogen-bond donors (Lipinski definition) is 3. The van der Waals surface area contributed by atoms with Crippen LogP contribution in [0.5, 0.6) is 17.2 Å². The highest BCUT2D eigenvalue weighted by Gasteiger charge is 2.16. The predicted octanol–water partition coefficient (Wildman–Crippen LogP) is 7.61. The third-order valence-corrected chi connectivity index (χ3v) is 6.18. The van der Waals surface area contributed by atoms with Crippen LogP contribution in [0.2, 0.25) is 0 Å². The summed E-state index contributed by atoms with van der Waals surface area (Å²) in [5, 5.41) is 24.1. The van der Waals surface area contributed by atoms with Gasteiger partial charge in [0.15, 0.2) is 0 Å². The topological polar surface area (TPSA) is 49.7 Å². The number of ether oxygens (including phenoxy) is 1. The molecule has 3 aromatic rings. The predicted molar refractivity (Wildman–Crippen MR) is 130 cm³/mol. The molecule has 0 radical (unpaired) electrons. The molecule has 0 spiro atoms. The van der Waals surface area contributed by atoms with E-state index in [9.17, 15) is 10.2 Å². The smallest absolute Gasteiger partial charge is 0.135 e. The van der Waals surface area contributed by atoms with Crippen LogP contribution in [0.4, 0.5) is 0 Å². The molecule has 30 heavy (non-hydrogen) atoms. The first-order valence-corrected chi connectivity index (χ1v) is 11.8. The van der Waals surface area contributed by atoms with E-state index in [1.165, 1.54) is 44.9 Å². The molecule has 0 saturated heterocycles. The van der Waals surface area contributed by atoms with E-state index in [1.54, 1.807) is 0 Å². The zero-order valence-electron chi connectivity index (χ0n) is 17.9. The fourth-order valence-electron chi connectivity index (χ4n) is 4.05. The van der Waals surface area contributed by atoms with E-state index in [4.69, 9.17) is 17.4 Å². The lowest BCUT2D eigenvalue weighted by molar-refractivity contribution is 0.313. The molecule has 2 N–H and O–H groups in total. The highest BCUT2D eigenvalue weighted by Crippen LogP contribution is 2.45. The number of aromatic hydroxyl groups is 2. The molecule has 0 heterocycles. The second-order valence-corrected chi connectivity index (χ2v) is 8.88. The Morgan fingerprint density at radius 2 is 1.37 bits per heavy atom. The second kappa shape index (κ2) is 11.4. The molecule has 3 rings (SSSR count). The summed E-state index contributed by atoms with van der Waals surface area (Å²) in [6.07, 6.45) is 11.4. The normalized spacial score (nSPS) is 12.5. The number of phenolic OH excluding ortho intramolecular Hbond substituents is 2. The monoisotopic (exact) mass is 426 g/mol. The van der Waals surface area contributed by atoms with Gasteiger partial charge in [0.1, 0.15) is 17.2 Å². The fourth-order valence-corrected chi connectivity index (χ4v) is 4.31. The first-order chi connectivity index (χ1) is 14.6. The van der Waals surface area contributed by atoms with Crippen LogP contribution in [0.25, 0.3) is 21.5 Å². The lowest BCUT2D eigenvalue weighted by Crippen LogP contribution is -2.12. The van der Waals surface area contributed by atoms with Crippen LogP contribution >= 0.6 is 12.6 Å². The largest absolute Gasteiger partial charge is 0.507 e. The van der Waals surface area contributed by atoms with Gasteiger partial charge in [0.05, 0.1) is 12.0 Å². The standard InChI is InChI=1S/C26H34O3S/c1-2-3-4-5-6-7-8-9-13-19(30)18-29-23-17-12-16-22-24(23)26(28)21-15-11-10-14-20(21)25(22)27/h10-12,14-17,19,27-28,30H,2-9,13,18H2,1H3. The summed E-state index contributed by atoms with van der Waals surface area (Å²) >= 11 is 4.69. The molecule has 3 nitrogen and oxygen atoms in total. The van der Waals surface area contributed by atoms with Crippen molar-refractivity contribution in [2.24, 2.45) is 0 Å². The van der Waals surface area contributed by atoms with Crippen molar-refractivity contribution in [3.8, 4) is 17.2 Å². The Hall–Kier alpha value is -2.07. The third kappa shape index (κ3) is 5.54. The van der Waals surface area contributed by atoms with E-state index in [0.717, 1.165) is 12.8 Å². The van der Waals surface area contributed by atoms with Gasteiger partial charge in [-0.3, -0.25) is 0 Å². The number of hydrogen-bond acceptors (Lipinski definition) is 4. The minimum atomic E-state index is 0.146. The van der Waals surface area contributed by atoms with Crippen molar-refractivity contribution in [1.82, 2.24) is 0 Å². The Balaban J connectivity index is 1.57. The van der Waals surface area contributed by atoms with Crippen LogP contribution < -0.4 is 4.74 Å². The Bertz CT molecular complexity index is 954. The van der Waals surface area contributed by atoms with E-state index in [2.05, 4.69) is 6.92 Å². The minimum absolute atomic E-state index is 0.146. The van der Waals surface area contributed by atoms with Gasteiger partial charge in [0.25, 0.3) is 0 Å². The van der Waals surface area contributed by atoms with Crippen LogP contribution in [-0.2, 0) is 0 Å². The second-order valence-electron chi connectivity index (χ2n) is 8.15. The van der Waals surface area contributed by atoms with Gasteiger partial charge >= 0.3 is 0 Å². The molecular weight excluding hydrogens is 392 g/mol. The molecular formula is C26H34O3S. The summed E-state index contributed by atoms with van der Waals surface area (Å²) in [5.74, 6) is 0.902. The summed E-state index contributed by atoms with van der Waals surface area (Å²) < 4.78 is 6.04. The van der Waals surface area contributed by atoms with E-state index < -0.39 is 0 Å². The average Bonchev–Trinajstić information content (AvgIpc) is 2.77. The molecule has 1 atom stereocenters. The van der Waals surface area contributed by atoms with Crippen molar-refractivity contribution in [2.45, 2.75) is 70.0 Å². The van der Waals surface area contributed by atoms with Gasteiger partial charge in [0.2, 0.25) is 0 Å². The van der Waals surface area contributed by atoms with Crippen molar-refractivity contribution >= 4 is 34.2 Å². The van der Waals surface area contributed by atoms with Gasteiger partial charge in [-0.25, -0.2) is 0 Å². The fraction of sp³-hybridized carbons (Fsp3) is 0.462. The zero-order valence-corrected chi connectivity index (χ0v) is 18.8. The maximum absolute atomic E-state index is 10.8. The van der Waals surface area contributed by atoms with E-state index in [-0.39, 0.29) is 16.7 Å². The van der Waals surface area contributed by atoms with Crippen molar-refractivity contribution in [3.63, 3.8) is 0 Å². The number of benzene rings is 3. The highest BCUT2D eigenvalue weighted by atomic mass is 32.1. The van der Waals surface area contributed by atoms with Gasteiger partial charge < -0.3 is 14.9 Å². The number of fused-ring (bicyclic) bond motifs is 2. The Kier molecular flexibility index (Phi) is 8.56. The molecule has 0 aliphatic heterocycles. The van der Waals surface area contributed by atoms with Gasteiger partial charge in [-0.15, -0.1) is 0 Å². The summed E-state index contributed by atoms with van der Waals surface area (Å²) in [6, 6.07) is 12.8. The molecule has 1 unspecified atom stereocenters. The summed E-state index contributed by atoms with van der Waals surface area (Å²) in [4.78, 5) is 0. The van der Waals surface area contributed by atoms with Crippen molar-refractivity contribution in [2.75, 3.05) is 6.61 Å². The molecule has 162 valence electrons. The molecule has 0 aliphatic carbocycles. The number of phenols is 2. The quantitative estimate of drug-likeness (QED) is 0.121. The molecule has 0 aromatic heterocycles. The van der Waals surface area contributed by atoms with Crippen LogP contribution in [0.1, 0.15) is 64.7 Å². The zero-order chi connectivity index (χ0) is 21.3. The summed E-state index contributed by atoms with van der Waals surface area (Å²) in [5.41, 5.74) is 0. The third-order valence-electron chi connectivity index (χ3n) is 5.78. The van der Waals surface area contributed by atoms with Gasteiger partial charge in [-0.05, 0) is 12.5 Å². The molecule has 0 fully saturated rings. The van der Waals surface area contributed by atoms with Crippen LogP contribution in [-0.4, -0.2) is 22.1 Å². The van der Waals surface area contributed by atoms with Gasteiger partial charge in [-0.2, -0.15) is 12.6 Å². The lowest BCUT2D eigenvalue weighted by atomic mass is 10.00. The molecule has 0 amide bonds. The minimum Gasteiger partial charge on any atom is -0.507 e. The maximum Gasteiger partial charge on any atom is 0.135 e. The van der Waals surface area contributed by atoms with Crippen LogP contribution in [0.15, 0.2) is 42.5 Å². The maximum atomic E-state index is 10.8. The van der Waals surface area contributed by atoms with Gasteiger partial charge in [-0.1, -0.05) is 94.7 Å². The Morgan fingerprint density at radius 1 is 0.767 bits per heavy atom. The average molecular weight is 427 g/mol. The summed E-state index contributed by atoms with van der Waals surface area (Å²) in [7, 11) is 0.